The Morgan fingerprint density at radius 2 is 1.91 bits per heavy atom. The molecule has 122 valence electrons. The fraction of sp³-hybridized carbons (Fsp3) is 0.412. The summed E-state index contributed by atoms with van der Waals surface area (Å²) in [6, 6.07) is 8.81. The monoisotopic (exact) mass is 332 g/mol. The molecule has 23 heavy (non-hydrogen) atoms. The van der Waals surface area contributed by atoms with Crippen molar-refractivity contribution < 1.29 is 4.39 Å². The first-order valence-corrected chi connectivity index (χ1v) is 8.45. The molecule has 1 fully saturated rings. The van der Waals surface area contributed by atoms with E-state index in [1.54, 1.807) is 16.8 Å². The van der Waals surface area contributed by atoms with Gasteiger partial charge in [0.25, 0.3) is 0 Å². The molecule has 1 aliphatic rings. The van der Waals surface area contributed by atoms with Crippen molar-refractivity contribution in [3.8, 4) is 0 Å². The second kappa shape index (κ2) is 7.55. The lowest BCUT2D eigenvalue weighted by molar-refractivity contribution is 0.415. The number of thiocarbonyl (C=S) groups is 1. The number of aromatic nitrogens is 2. The molecule has 4 nitrogen and oxygen atoms in total. The summed E-state index contributed by atoms with van der Waals surface area (Å²) < 4.78 is 14.7. The van der Waals surface area contributed by atoms with Gasteiger partial charge in [-0.25, -0.2) is 4.39 Å². The van der Waals surface area contributed by atoms with Gasteiger partial charge in [-0.3, -0.25) is 4.68 Å². The highest BCUT2D eigenvalue weighted by Gasteiger charge is 2.14. The number of benzene rings is 1. The Hall–Kier alpha value is -1.95. The lowest BCUT2D eigenvalue weighted by atomic mass is 9.96. The summed E-state index contributed by atoms with van der Waals surface area (Å²) in [5, 5.41) is 11.6. The Labute approximate surface area is 141 Å². The maximum absolute atomic E-state index is 12.9. The largest absolute Gasteiger partial charge is 0.360 e. The van der Waals surface area contributed by atoms with Gasteiger partial charge in [-0.1, -0.05) is 31.4 Å². The first kappa shape index (κ1) is 15.9. The minimum atomic E-state index is -0.226. The van der Waals surface area contributed by atoms with Crippen LogP contribution in [-0.2, 0) is 6.54 Å². The smallest absolute Gasteiger partial charge is 0.172 e. The molecule has 0 amide bonds. The molecule has 1 aromatic carbocycles. The predicted molar refractivity (Wildman–Crippen MR) is 94.0 cm³/mol. The highest BCUT2D eigenvalue weighted by Crippen LogP contribution is 2.17. The molecule has 6 heteroatoms. The summed E-state index contributed by atoms with van der Waals surface area (Å²) in [5.41, 5.74) is 1.00. The Bertz CT molecular complexity index is 647. The summed E-state index contributed by atoms with van der Waals surface area (Å²) in [6.07, 6.45) is 8.11. The van der Waals surface area contributed by atoms with Crippen molar-refractivity contribution >= 4 is 23.1 Å². The first-order chi connectivity index (χ1) is 11.2. The first-order valence-electron chi connectivity index (χ1n) is 8.04. The van der Waals surface area contributed by atoms with E-state index in [0.29, 0.717) is 17.7 Å². The van der Waals surface area contributed by atoms with Gasteiger partial charge in [0.05, 0.1) is 6.54 Å². The van der Waals surface area contributed by atoms with Gasteiger partial charge in [-0.15, -0.1) is 0 Å². The highest BCUT2D eigenvalue weighted by atomic mass is 32.1. The SMILES string of the molecule is Fc1ccc(Cn2ccc(NC(=S)NC3CCCCC3)n2)cc1. The van der Waals surface area contributed by atoms with E-state index in [0.717, 1.165) is 11.4 Å². The summed E-state index contributed by atoms with van der Waals surface area (Å²) in [4.78, 5) is 0. The Morgan fingerprint density at radius 3 is 2.65 bits per heavy atom. The number of halogens is 1. The molecule has 1 saturated carbocycles. The lowest BCUT2D eigenvalue weighted by Crippen LogP contribution is -2.38. The zero-order valence-electron chi connectivity index (χ0n) is 13.0. The number of rotatable bonds is 4. The number of hydrogen-bond acceptors (Lipinski definition) is 2. The molecule has 2 aromatic rings. The Balaban J connectivity index is 1.52. The average Bonchev–Trinajstić information content (AvgIpc) is 2.97. The molecular formula is C17H21FN4S. The standard InChI is InChI=1S/C17H21FN4S/c18-14-8-6-13(7-9-14)12-22-11-10-16(21-22)20-17(23)19-15-4-2-1-3-5-15/h6-11,15H,1-5,12H2,(H2,19,20,21,23). The van der Waals surface area contributed by atoms with Crippen LogP contribution in [0.4, 0.5) is 10.2 Å². The van der Waals surface area contributed by atoms with Gasteiger partial charge in [0, 0.05) is 18.3 Å². The van der Waals surface area contributed by atoms with Crippen molar-refractivity contribution in [3.63, 3.8) is 0 Å². The summed E-state index contributed by atoms with van der Waals surface area (Å²) in [6.45, 7) is 0.602. The van der Waals surface area contributed by atoms with E-state index in [9.17, 15) is 4.39 Å². The van der Waals surface area contributed by atoms with Crippen LogP contribution in [0.25, 0.3) is 0 Å². The molecule has 0 radical (unpaired) electrons. The molecule has 0 aliphatic heterocycles. The number of hydrogen-bond donors (Lipinski definition) is 2. The van der Waals surface area contributed by atoms with Crippen LogP contribution < -0.4 is 10.6 Å². The fourth-order valence-corrected chi connectivity index (χ4v) is 3.15. The van der Waals surface area contributed by atoms with E-state index in [4.69, 9.17) is 12.2 Å². The van der Waals surface area contributed by atoms with Crippen molar-refractivity contribution in [2.24, 2.45) is 0 Å². The Morgan fingerprint density at radius 1 is 1.17 bits per heavy atom. The van der Waals surface area contributed by atoms with E-state index >= 15 is 0 Å². The quantitative estimate of drug-likeness (QED) is 0.838. The van der Waals surface area contributed by atoms with Gasteiger partial charge >= 0.3 is 0 Å². The number of anilines is 1. The summed E-state index contributed by atoms with van der Waals surface area (Å²) in [5.74, 6) is 0.496. The third kappa shape index (κ3) is 4.76. The van der Waals surface area contributed by atoms with Gasteiger partial charge in [0.2, 0.25) is 0 Å². The maximum atomic E-state index is 12.9. The van der Waals surface area contributed by atoms with Crippen molar-refractivity contribution in [1.29, 1.82) is 0 Å². The fourth-order valence-electron chi connectivity index (χ4n) is 2.88. The van der Waals surface area contributed by atoms with E-state index in [1.807, 2.05) is 12.3 Å². The van der Waals surface area contributed by atoms with Crippen molar-refractivity contribution in [2.75, 3.05) is 5.32 Å². The van der Waals surface area contributed by atoms with E-state index in [-0.39, 0.29) is 5.82 Å². The molecule has 0 saturated heterocycles. The summed E-state index contributed by atoms with van der Waals surface area (Å²) >= 11 is 5.36. The maximum Gasteiger partial charge on any atom is 0.172 e. The molecule has 3 rings (SSSR count). The average molecular weight is 332 g/mol. The van der Waals surface area contributed by atoms with Crippen LogP contribution in [-0.4, -0.2) is 20.9 Å². The van der Waals surface area contributed by atoms with Gasteiger partial charge in [0.15, 0.2) is 10.9 Å². The second-order valence-electron chi connectivity index (χ2n) is 5.96. The summed E-state index contributed by atoms with van der Waals surface area (Å²) in [7, 11) is 0. The molecule has 0 atom stereocenters. The van der Waals surface area contributed by atoms with E-state index in [2.05, 4.69) is 15.7 Å². The molecule has 2 N–H and O–H groups in total. The van der Waals surface area contributed by atoms with Crippen LogP contribution in [0.5, 0.6) is 0 Å². The molecule has 0 spiro atoms. The third-order valence-electron chi connectivity index (χ3n) is 4.08. The van der Waals surface area contributed by atoms with Gasteiger partial charge in [0.1, 0.15) is 5.82 Å². The second-order valence-corrected chi connectivity index (χ2v) is 6.37. The van der Waals surface area contributed by atoms with Gasteiger partial charge in [-0.05, 0) is 42.8 Å². The number of nitrogens with zero attached hydrogens (tertiary/aromatic N) is 2. The third-order valence-corrected chi connectivity index (χ3v) is 4.30. The van der Waals surface area contributed by atoms with Crippen LogP contribution in [0.2, 0.25) is 0 Å². The molecule has 0 unspecified atom stereocenters. The van der Waals surface area contributed by atoms with Crippen LogP contribution >= 0.6 is 12.2 Å². The highest BCUT2D eigenvalue weighted by molar-refractivity contribution is 7.80. The minimum absolute atomic E-state index is 0.226. The zero-order valence-corrected chi connectivity index (χ0v) is 13.8. The number of nitrogens with one attached hydrogen (secondary N) is 2. The van der Waals surface area contributed by atoms with Crippen LogP contribution in [0, 0.1) is 5.82 Å². The lowest BCUT2D eigenvalue weighted by Gasteiger charge is -2.24. The molecule has 1 heterocycles. The molecular weight excluding hydrogens is 311 g/mol. The van der Waals surface area contributed by atoms with Crippen LogP contribution in [0.1, 0.15) is 37.7 Å². The molecule has 1 aliphatic carbocycles. The topological polar surface area (TPSA) is 41.9 Å². The van der Waals surface area contributed by atoms with Gasteiger partial charge < -0.3 is 10.6 Å². The van der Waals surface area contributed by atoms with Crippen LogP contribution in [0.3, 0.4) is 0 Å². The van der Waals surface area contributed by atoms with Gasteiger partial charge in [-0.2, -0.15) is 5.10 Å². The van der Waals surface area contributed by atoms with Crippen molar-refractivity contribution in [3.05, 3.63) is 47.9 Å². The normalized spacial score (nSPS) is 15.3. The molecule has 0 bridgehead atoms. The van der Waals surface area contributed by atoms with Crippen molar-refractivity contribution in [1.82, 2.24) is 15.1 Å². The van der Waals surface area contributed by atoms with Crippen molar-refractivity contribution in [2.45, 2.75) is 44.7 Å². The van der Waals surface area contributed by atoms with E-state index in [1.165, 1.54) is 44.2 Å². The predicted octanol–water partition coefficient (Wildman–Crippen LogP) is 3.69. The van der Waals surface area contributed by atoms with Crippen LogP contribution in [0.15, 0.2) is 36.5 Å². The minimum Gasteiger partial charge on any atom is -0.360 e. The van der Waals surface area contributed by atoms with E-state index < -0.39 is 0 Å². The molecule has 1 aromatic heterocycles. The Kier molecular flexibility index (Phi) is 5.23. The zero-order chi connectivity index (χ0) is 16.1.